The molecule has 0 aliphatic carbocycles. The van der Waals surface area contributed by atoms with Crippen molar-refractivity contribution in [2.75, 3.05) is 18.9 Å². The number of rotatable bonds is 5. The van der Waals surface area contributed by atoms with Crippen LogP contribution in [-0.4, -0.2) is 35.3 Å². The predicted molar refractivity (Wildman–Crippen MR) is 107 cm³/mol. The number of nitrogens with zero attached hydrogens (tertiary/aromatic N) is 2. The summed E-state index contributed by atoms with van der Waals surface area (Å²) in [7, 11) is 1.59. The molecule has 0 saturated carbocycles. The number of thiazole rings is 1. The van der Waals surface area contributed by atoms with Gasteiger partial charge in [-0.15, -0.1) is 11.3 Å². The maximum atomic E-state index is 12.5. The molecule has 0 bridgehead atoms. The lowest BCUT2D eigenvalue weighted by molar-refractivity contribution is -0.116. The lowest BCUT2D eigenvalue weighted by Gasteiger charge is -2.16. The van der Waals surface area contributed by atoms with Crippen molar-refractivity contribution in [2.45, 2.75) is 0 Å². The first-order chi connectivity index (χ1) is 12.5. The second-order valence-corrected chi connectivity index (χ2v) is 7.31. The summed E-state index contributed by atoms with van der Waals surface area (Å²) in [4.78, 5) is 30.5. The zero-order valence-electron chi connectivity index (χ0n) is 14.0. The fourth-order valence-corrected chi connectivity index (χ4v) is 3.50. The maximum Gasteiger partial charge on any atom is 0.273 e. The maximum absolute atomic E-state index is 12.5. The monoisotopic (exact) mass is 429 g/mol. The van der Waals surface area contributed by atoms with Gasteiger partial charge in [-0.3, -0.25) is 9.59 Å². The highest BCUT2D eigenvalue weighted by Crippen LogP contribution is 2.24. The van der Waals surface area contributed by atoms with Gasteiger partial charge in [0.1, 0.15) is 10.7 Å². The number of carbonyl (C=O) groups is 2. The Morgan fingerprint density at radius 3 is 2.54 bits per heavy atom. The smallest absolute Gasteiger partial charge is 0.273 e. The number of hydrogen-bond donors (Lipinski definition) is 1. The van der Waals surface area contributed by atoms with Crippen molar-refractivity contribution in [1.82, 2.24) is 9.88 Å². The molecular weight excluding hydrogens is 414 g/mol. The summed E-state index contributed by atoms with van der Waals surface area (Å²) >= 11 is 4.78. The van der Waals surface area contributed by atoms with Crippen molar-refractivity contribution in [3.05, 3.63) is 70.1 Å². The minimum Gasteiger partial charge on any atom is -0.331 e. The third-order valence-electron chi connectivity index (χ3n) is 3.62. The van der Waals surface area contributed by atoms with Crippen molar-refractivity contribution in [3.63, 3.8) is 0 Å². The molecule has 1 N–H and O–H groups in total. The molecule has 2 amide bonds. The van der Waals surface area contributed by atoms with E-state index in [2.05, 4.69) is 26.2 Å². The van der Waals surface area contributed by atoms with Crippen LogP contribution in [0.4, 0.5) is 5.69 Å². The molecular formula is C19H16BrN3O2S. The number of hydrogen-bond acceptors (Lipinski definition) is 4. The van der Waals surface area contributed by atoms with Crippen molar-refractivity contribution in [3.8, 4) is 10.6 Å². The van der Waals surface area contributed by atoms with E-state index in [1.807, 2.05) is 48.5 Å². The van der Waals surface area contributed by atoms with Crippen LogP contribution in [0.5, 0.6) is 0 Å². The van der Waals surface area contributed by atoms with Crippen molar-refractivity contribution >= 4 is 44.8 Å². The van der Waals surface area contributed by atoms with Gasteiger partial charge in [0.05, 0.1) is 12.2 Å². The summed E-state index contributed by atoms with van der Waals surface area (Å²) < 4.78 is 0.786. The Morgan fingerprint density at radius 2 is 1.81 bits per heavy atom. The highest BCUT2D eigenvalue weighted by atomic mass is 79.9. The number of anilines is 1. The predicted octanol–water partition coefficient (Wildman–Crippen LogP) is 4.28. The highest BCUT2D eigenvalue weighted by Gasteiger charge is 2.18. The minimum atomic E-state index is -0.286. The van der Waals surface area contributed by atoms with Gasteiger partial charge in [-0.25, -0.2) is 4.98 Å². The van der Waals surface area contributed by atoms with E-state index < -0.39 is 0 Å². The van der Waals surface area contributed by atoms with Gasteiger partial charge < -0.3 is 10.2 Å². The molecule has 132 valence electrons. The molecule has 0 unspecified atom stereocenters. The number of benzene rings is 2. The Balaban J connectivity index is 1.64. The molecule has 7 heteroatoms. The third-order valence-corrected chi connectivity index (χ3v) is 5.20. The van der Waals surface area contributed by atoms with E-state index in [0.717, 1.165) is 15.0 Å². The first kappa shape index (κ1) is 18.3. The molecule has 0 fully saturated rings. The molecule has 3 rings (SSSR count). The van der Waals surface area contributed by atoms with E-state index in [0.29, 0.717) is 11.4 Å². The van der Waals surface area contributed by atoms with Crippen LogP contribution in [0.1, 0.15) is 10.5 Å². The molecule has 1 aromatic heterocycles. The lowest BCUT2D eigenvalue weighted by Crippen LogP contribution is -2.35. The molecule has 2 aromatic carbocycles. The van der Waals surface area contributed by atoms with Gasteiger partial charge >= 0.3 is 0 Å². The molecule has 0 spiro atoms. The van der Waals surface area contributed by atoms with Crippen LogP contribution in [0.3, 0.4) is 0 Å². The molecule has 0 saturated heterocycles. The van der Waals surface area contributed by atoms with Gasteiger partial charge in [-0.2, -0.15) is 0 Å². The van der Waals surface area contributed by atoms with E-state index in [4.69, 9.17) is 0 Å². The first-order valence-corrected chi connectivity index (χ1v) is 9.52. The summed E-state index contributed by atoms with van der Waals surface area (Å²) in [5.74, 6) is -0.558. The topological polar surface area (TPSA) is 62.3 Å². The van der Waals surface area contributed by atoms with Crippen LogP contribution in [0.25, 0.3) is 10.6 Å². The van der Waals surface area contributed by atoms with E-state index in [-0.39, 0.29) is 18.4 Å². The van der Waals surface area contributed by atoms with Gasteiger partial charge in [-0.05, 0) is 28.1 Å². The van der Waals surface area contributed by atoms with E-state index >= 15 is 0 Å². The quantitative estimate of drug-likeness (QED) is 0.657. The average molecular weight is 430 g/mol. The lowest BCUT2D eigenvalue weighted by atomic mass is 10.2. The zero-order valence-corrected chi connectivity index (χ0v) is 16.4. The second kappa shape index (κ2) is 8.25. The van der Waals surface area contributed by atoms with Crippen LogP contribution in [-0.2, 0) is 4.79 Å². The van der Waals surface area contributed by atoms with Crippen LogP contribution >= 0.6 is 27.3 Å². The molecule has 5 nitrogen and oxygen atoms in total. The van der Waals surface area contributed by atoms with Gasteiger partial charge in [0, 0.05) is 22.5 Å². The Labute approximate surface area is 163 Å². The van der Waals surface area contributed by atoms with Gasteiger partial charge in [-0.1, -0.05) is 42.5 Å². The molecule has 0 aliphatic heterocycles. The standard InChI is InChI=1S/C19H16BrN3O2S/c1-23(11-17(24)21-15-10-6-5-9-14(15)20)19(25)16-12-26-18(22-16)13-7-3-2-4-8-13/h2-10,12H,11H2,1H3,(H,21,24). The fraction of sp³-hybridized carbons (Fsp3) is 0.105. The van der Waals surface area contributed by atoms with Gasteiger partial charge in [0.25, 0.3) is 5.91 Å². The van der Waals surface area contributed by atoms with Crippen LogP contribution in [0.2, 0.25) is 0 Å². The average Bonchev–Trinajstić information content (AvgIpc) is 3.14. The SMILES string of the molecule is CN(CC(=O)Nc1ccccc1Br)C(=O)c1csc(-c2ccccc2)n1. The van der Waals surface area contributed by atoms with Crippen LogP contribution in [0.15, 0.2) is 64.5 Å². The largest absolute Gasteiger partial charge is 0.331 e. The molecule has 3 aromatic rings. The Kier molecular flexibility index (Phi) is 5.80. The molecule has 0 aliphatic rings. The van der Waals surface area contributed by atoms with Crippen LogP contribution < -0.4 is 5.32 Å². The number of amides is 2. The fourth-order valence-electron chi connectivity index (χ4n) is 2.32. The van der Waals surface area contributed by atoms with Crippen molar-refractivity contribution in [1.29, 1.82) is 0 Å². The van der Waals surface area contributed by atoms with E-state index in [1.54, 1.807) is 18.5 Å². The van der Waals surface area contributed by atoms with Crippen molar-refractivity contribution < 1.29 is 9.59 Å². The van der Waals surface area contributed by atoms with Crippen LogP contribution in [0, 0.1) is 0 Å². The summed E-state index contributed by atoms with van der Waals surface area (Å²) in [5.41, 5.74) is 1.97. The van der Waals surface area contributed by atoms with E-state index in [9.17, 15) is 9.59 Å². The Morgan fingerprint density at radius 1 is 1.12 bits per heavy atom. The Bertz CT molecular complexity index is 927. The minimum absolute atomic E-state index is 0.0572. The summed E-state index contributed by atoms with van der Waals surface area (Å²) in [6.07, 6.45) is 0. The molecule has 26 heavy (non-hydrogen) atoms. The number of nitrogens with one attached hydrogen (secondary N) is 1. The third kappa shape index (κ3) is 4.36. The van der Waals surface area contributed by atoms with Crippen molar-refractivity contribution in [2.24, 2.45) is 0 Å². The normalized spacial score (nSPS) is 10.4. The number of para-hydroxylation sites is 1. The second-order valence-electron chi connectivity index (χ2n) is 5.59. The number of halogens is 1. The summed E-state index contributed by atoms with van der Waals surface area (Å²) in [5, 5.41) is 5.27. The molecule has 1 heterocycles. The number of aromatic nitrogens is 1. The summed E-state index contributed by atoms with van der Waals surface area (Å²) in [6.45, 7) is -0.0572. The highest BCUT2D eigenvalue weighted by molar-refractivity contribution is 9.10. The number of carbonyl (C=O) groups excluding carboxylic acids is 2. The first-order valence-electron chi connectivity index (χ1n) is 7.85. The zero-order chi connectivity index (χ0) is 18.5. The van der Waals surface area contributed by atoms with Gasteiger partial charge in [0.2, 0.25) is 5.91 Å². The molecule has 0 atom stereocenters. The van der Waals surface area contributed by atoms with Gasteiger partial charge in [0.15, 0.2) is 0 Å². The van der Waals surface area contributed by atoms with E-state index in [1.165, 1.54) is 16.2 Å². The molecule has 0 radical (unpaired) electrons. The number of likely N-dealkylation sites (N-methyl/N-ethyl adjacent to an activating group) is 1. The Hall–Kier alpha value is -2.51. The summed E-state index contributed by atoms with van der Waals surface area (Å²) in [6, 6.07) is 17.0.